The van der Waals surface area contributed by atoms with E-state index in [1.165, 1.54) is 12.1 Å². The van der Waals surface area contributed by atoms with E-state index in [0.29, 0.717) is 35.8 Å². The number of phenols is 2. The third kappa shape index (κ3) is 2.84. The second-order valence-corrected chi connectivity index (χ2v) is 5.94. The molecule has 26 heavy (non-hydrogen) atoms. The summed E-state index contributed by atoms with van der Waals surface area (Å²) >= 11 is 0. The molecule has 0 spiro atoms. The summed E-state index contributed by atoms with van der Waals surface area (Å²) in [4.78, 5) is 12.5. The fourth-order valence-corrected chi connectivity index (χ4v) is 2.99. The third-order valence-electron chi connectivity index (χ3n) is 4.23. The van der Waals surface area contributed by atoms with Crippen molar-refractivity contribution in [2.45, 2.75) is 0 Å². The third-order valence-corrected chi connectivity index (χ3v) is 4.23. The first-order valence-electron chi connectivity index (χ1n) is 8.19. The highest BCUT2D eigenvalue weighted by Gasteiger charge is 2.19. The van der Waals surface area contributed by atoms with Gasteiger partial charge in [-0.25, -0.2) is 0 Å². The molecule has 0 radical (unpaired) electrons. The van der Waals surface area contributed by atoms with Crippen LogP contribution in [0.1, 0.15) is 15.9 Å². The molecule has 0 bridgehead atoms. The number of carbonyl (C=O) groups excluding carboxylic acids is 1. The lowest BCUT2D eigenvalue weighted by Crippen LogP contribution is -2.15. The van der Waals surface area contributed by atoms with Gasteiger partial charge in [-0.1, -0.05) is 36.4 Å². The fourth-order valence-electron chi connectivity index (χ4n) is 2.99. The zero-order valence-corrected chi connectivity index (χ0v) is 13.8. The van der Waals surface area contributed by atoms with Gasteiger partial charge in [0.1, 0.15) is 24.7 Å². The Bertz CT molecular complexity index is 956. The number of phenolic OH excluding ortho intramolecular Hbond substituents is 2. The molecule has 130 valence electrons. The van der Waals surface area contributed by atoms with Crippen LogP contribution < -0.4 is 9.47 Å². The minimum Gasteiger partial charge on any atom is -0.507 e. The maximum absolute atomic E-state index is 12.5. The number of aromatic hydroxyl groups is 2. The lowest BCUT2D eigenvalue weighted by molar-refractivity contribution is 0.103. The molecule has 0 amide bonds. The van der Waals surface area contributed by atoms with Crippen molar-refractivity contribution >= 4 is 5.78 Å². The van der Waals surface area contributed by atoms with Crippen molar-refractivity contribution < 1.29 is 24.5 Å². The van der Waals surface area contributed by atoms with Crippen LogP contribution >= 0.6 is 0 Å². The Balaban J connectivity index is 1.74. The van der Waals surface area contributed by atoms with Gasteiger partial charge in [-0.05, 0) is 29.8 Å². The van der Waals surface area contributed by atoms with Crippen LogP contribution in [0.3, 0.4) is 0 Å². The first-order chi connectivity index (χ1) is 12.6. The first kappa shape index (κ1) is 16.0. The number of fused-ring (bicyclic) bond motifs is 1. The van der Waals surface area contributed by atoms with Gasteiger partial charge in [0.05, 0.1) is 5.56 Å². The van der Waals surface area contributed by atoms with Crippen molar-refractivity contribution in [3.63, 3.8) is 0 Å². The predicted octanol–water partition coefficient (Wildman–Crippen LogP) is 3.77. The predicted molar refractivity (Wildman–Crippen MR) is 96.1 cm³/mol. The minimum atomic E-state index is -0.273. The average Bonchev–Trinajstić information content (AvgIpc) is 2.67. The van der Waals surface area contributed by atoms with Gasteiger partial charge in [0, 0.05) is 11.1 Å². The monoisotopic (exact) mass is 348 g/mol. The maximum atomic E-state index is 12.5. The topological polar surface area (TPSA) is 76.0 Å². The van der Waals surface area contributed by atoms with Gasteiger partial charge in [-0.3, -0.25) is 4.79 Å². The Morgan fingerprint density at radius 3 is 2.12 bits per heavy atom. The number of rotatable bonds is 3. The van der Waals surface area contributed by atoms with E-state index in [9.17, 15) is 15.0 Å². The Labute approximate surface area is 150 Å². The highest BCUT2D eigenvalue weighted by atomic mass is 16.6. The van der Waals surface area contributed by atoms with E-state index >= 15 is 0 Å². The molecule has 3 aromatic carbocycles. The summed E-state index contributed by atoms with van der Waals surface area (Å²) in [5.74, 6) is 0.540. The molecule has 0 atom stereocenters. The summed E-state index contributed by atoms with van der Waals surface area (Å²) in [7, 11) is 0. The van der Waals surface area contributed by atoms with Gasteiger partial charge in [-0.15, -0.1) is 0 Å². The van der Waals surface area contributed by atoms with Gasteiger partial charge in [0.2, 0.25) is 0 Å². The highest BCUT2D eigenvalue weighted by molar-refractivity contribution is 6.10. The Hall–Kier alpha value is -3.47. The van der Waals surface area contributed by atoms with Gasteiger partial charge in [0.25, 0.3) is 0 Å². The van der Waals surface area contributed by atoms with Gasteiger partial charge < -0.3 is 19.7 Å². The van der Waals surface area contributed by atoms with E-state index in [1.807, 2.05) is 6.07 Å². The second-order valence-electron chi connectivity index (χ2n) is 5.94. The zero-order chi connectivity index (χ0) is 18.1. The SMILES string of the molecule is O=C(c1ccccc1)c1cc(O)c(-c2ccc3c(c2)OCCO3)c(O)c1. The molecule has 0 saturated heterocycles. The second kappa shape index (κ2) is 6.44. The van der Waals surface area contributed by atoms with Crippen LogP contribution in [0.25, 0.3) is 11.1 Å². The fraction of sp³-hybridized carbons (Fsp3) is 0.0952. The zero-order valence-electron chi connectivity index (χ0n) is 13.8. The van der Waals surface area contributed by atoms with Gasteiger partial charge >= 0.3 is 0 Å². The molecule has 1 heterocycles. The molecule has 2 N–H and O–H groups in total. The molecule has 0 saturated carbocycles. The molecule has 5 heteroatoms. The van der Waals surface area contributed by atoms with Crippen LogP contribution in [0.15, 0.2) is 60.7 Å². The molecule has 0 unspecified atom stereocenters. The normalized spacial score (nSPS) is 12.6. The lowest BCUT2D eigenvalue weighted by Gasteiger charge is -2.19. The first-order valence-corrected chi connectivity index (χ1v) is 8.19. The summed E-state index contributed by atoms with van der Waals surface area (Å²) < 4.78 is 11.0. The lowest BCUT2D eigenvalue weighted by atomic mass is 9.97. The molecule has 3 aromatic rings. The number of ether oxygens (including phenoxy) is 2. The molecule has 1 aliphatic heterocycles. The van der Waals surface area contributed by atoms with Crippen molar-refractivity contribution in [2.75, 3.05) is 13.2 Å². The van der Waals surface area contributed by atoms with Crippen LogP contribution in [0.4, 0.5) is 0 Å². The summed E-state index contributed by atoms with van der Waals surface area (Å²) in [5, 5.41) is 20.9. The van der Waals surface area contributed by atoms with Crippen molar-refractivity contribution in [1.29, 1.82) is 0 Å². The standard InChI is InChI=1S/C21H16O5/c22-16-10-15(21(24)13-4-2-1-3-5-13)11-17(23)20(16)14-6-7-18-19(12-14)26-9-8-25-18/h1-7,10-12,22-23H,8-9H2. The quantitative estimate of drug-likeness (QED) is 0.705. The number of ketones is 1. The summed E-state index contributed by atoms with van der Waals surface area (Å²) in [6, 6.07) is 16.6. The molecule has 4 rings (SSSR count). The smallest absolute Gasteiger partial charge is 0.193 e. The van der Waals surface area contributed by atoms with E-state index in [1.54, 1.807) is 42.5 Å². The van der Waals surface area contributed by atoms with Gasteiger partial charge in [-0.2, -0.15) is 0 Å². The largest absolute Gasteiger partial charge is 0.507 e. The van der Waals surface area contributed by atoms with Gasteiger partial charge in [0.15, 0.2) is 17.3 Å². The number of benzene rings is 3. The van der Waals surface area contributed by atoms with Crippen LogP contribution in [-0.2, 0) is 0 Å². The maximum Gasteiger partial charge on any atom is 0.193 e. The molecule has 0 aliphatic carbocycles. The van der Waals surface area contributed by atoms with Crippen molar-refractivity contribution in [1.82, 2.24) is 0 Å². The average molecular weight is 348 g/mol. The summed E-state index contributed by atoms with van der Waals surface area (Å²) in [5.41, 5.74) is 1.51. The van der Waals surface area contributed by atoms with Crippen molar-refractivity contribution in [3.8, 4) is 34.1 Å². The van der Waals surface area contributed by atoms with Crippen LogP contribution in [-0.4, -0.2) is 29.2 Å². The molecule has 0 aromatic heterocycles. The van der Waals surface area contributed by atoms with E-state index in [2.05, 4.69) is 0 Å². The minimum absolute atomic E-state index is 0.180. The van der Waals surface area contributed by atoms with Crippen LogP contribution in [0.2, 0.25) is 0 Å². The number of hydrogen-bond donors (Lipinski definition) is 2. The van der Waals surface area contributed by atoms with E-state index < -0.39 is 0 Å². The van der Waals surface area contributed by atoms with E-state index in [0.717, 1.165) is 0 Å². The molecule has 0 fully saturated rings. The van der Waals surface area contributed by atoms with Crippen molar-refractivity contribution in [2.24, 2.45) is 0 Å². The highest BCUT2D eigenvalue weighted by Crippen LogP contribution is 2.42. The molecular formula is C21H16O5. The van der Waals surface area contributed by atoms with E-state index in [4.69, 9.17) is 9.47 Å². The van der Waals surface area contributed by atoms with E-state index in [-0.39, 0.29) is 28.4 Å². The number of carbonyl (C=O) groups is 1. The van der Waals surface area contributed by atoms with Crippen LogP contribution in [0, 0.1) is 0 Å². The molecule has 5 nitrogen and oxygen atoms in total. The van der Waals surface area contributed by atoms with Crippen molar-refractivity contribution in [3.05, 3.63) is 71.8 Å². The Kier molecular flexibility index (Phi) is 3.97. The van der Waals surface area contributed by atoms with Crippen LogP contribution in [0.5, 0.6) is 23.0 Å². The Morgan fingerprint density at radius 1 is 0.769 bits per heavy atom. The summed E-state index contributed by atoms with van der Waals surface area (Å²) in [6.07, 6.45) is 0. The molecular weight excluding hydrogens is 332 g/mol. The Morgan fingerprint density at radius 2 is 1.42 bits per heavy atom. The molecule has 1 aliphatic rings. The number of hydrogen-bond acceptors (Lipinski definition) is 5. The summed E-state index contributed by atoms with van der Waals surface area (Å²) in [6.45, 7) is 0.929.